The van der Waals surface area contributed by atoms with Gasteiger partial charge in [0.15, 0.2) is 5.65 Å². The number of hydrogen-bond acceptors (Lipinski definition) is 2. The summed E-state index contributed by atoms with van der Waals surface area (Å²) in [7, 11) is 0. The first kappa shape index (κ1) is 9.20. The Morgan fingerprint density at radius 1 is 1.43 bits per heavy atom. The van der Waals surface area contributed by atoms with E-state index in [2.05, 4.69) is 22.3 Å². The second-order valence-electron chi connectivity index (χ2n) is 2.63. The summed E-state index contributed by atoms with van der Waals surface area (Å²) in [4.78, 5) is 3.76. The zero-order valence-corrected chi connectivity index (χ0v) is 7.49. The molecule has 7 heteroatoms. The molecule has 0 fully saturated rings. The summed E-state index contributed by atoms with van der Waals surface area (Å²) in [6, 6.07) is 2.24. The molecule has 3 nitrogen and oxygen atoms in total. The van der Waals surface area contributed by atoms with Gasteiger partial charge in [0.1, 0.15) is 10.3 Å². The van der Waals surface area contributed by atoms with Gasteiger partial charge in [-0.05, 0) is 0 Å². The Kier molecular flexibility index (Phi) is 1.84. The lowest BCUT2D eigenvalue weighted by atomic mass is 10.4. The molecule has 2 heterocycles. The molecule has 0 amide bonds. The molecular formula is C7H4F3N3S. The van der Waals surface area contributed by atoms with Crippen molar-refractivity contribution in [2.24, 2.45) is 0 Å². The van der Waals surface area contributed by atoms with E-state index >= 15 is 0 Å². The maximum absolute atomic E-state index is 12.5. The number of alkyl halides is 3. The highest BCUT2D eigenvalue weighted by Crippen LogP contribution is 2.28. The average molecular weight is 219 g/mol. The first-order valence-electron chi connectivity index (χ1n) is 3.63. The van der Waals surface area contributed by atoms with E-state index in [0.717, 1.165) is 10.6 Å². The van der Waals surface area contributed by atoms with E-state index in [0.29, 0.717) is 0 Å². The Hall–Kier alpha value is -1.37. The molecule has 0 aliphatic heterocycles. The van der Waals surface area contributed by atoms with Gasteiger partial charge in [0.25, 0.3) is 0 Å². The third kappa shape index (κ3) is 1.39. The summed E-state index contributed by atoms with van der Waals surface area (Å²) in [5.74, 6) is 0. The molecule has 2 aromatic heterocycles. The number of nitrogens with zero attached hydrogens (tertiary/aromatic N) is 2. The van der Waals surface area contributed by atoms with E-state index in [-0.39, 0.29) is 10.3 Å². The molecule has 2 rings (SSSR count). The van der Waals surface area contributed by atoms with Crippen LogP contribution in [0.3, 0.4) is 0 Å². The van der Waals surface area contributed by atoms with Gasteiger partial charge >= 0.3 is 6.18 Å². The average Bonchev–Trinajstić information content (AvgIpc) is 2.47. The van der Waals surface area contributed by atoms with Crippen molar-refractivity contribution in [3.05, 3.63) is 28.7 Å². The topological polar surface area (TPSA) is 33.1 Å². The normalized spacial score (nSPS) is 12.2. The molecule has 1 N–H and O–H groups in total. The Balaban J connectivity index is 2.87. The fourth-order valence-electron chi connectivity index (χ4n) is 1.14. The van der Waals surface area contributed by atoms with Crippen LogP contribution in [0.25, 0.3) is 5.65 Å². The van der Waals surface area contributed by atoms with Gasteiger partial charge in [0, 0.05) is 18.3 Å². The summed E-state index contributed by atoms with van der Waals surface area (Å²) < 4.78 is 38.2. The second kappa shape index (κ2) is 2.81. The number of H-pyrrole nitrogens is 1. The minimum Gasteiger partial charge on any atom is -0.300 e. The van der Waals surface area contributed by atoms with Crippen molar-refractivity contribution in [2.45, 2.75) is 6.18 Å². The SMILES string of the molecule is FC(F)(F)c1cc(=S)nc2cc[nH]n12. The van der Waals surface area contributed by atoms with Crippen molar-refractivity contribution < 1.29 is 13.2 Å². The smallest absolute Gasteiger partial charge is 0.300 e. The van der Waals surface area contributed by atoms with E-state index in [4.69, 9.17) is 0 Å². The van der Waals surface area contributed by atoms with Crippen molar-refractivity contribution >= 4 is 17.9 Å². The zero-order valence-electron chi connectivity index (χ0n) is 6.67. The molecule has 0 saturated heterocycles. The molecule has 0 aromatic carbocycles. The standard InChI is InChI=1S/C7H4F3N3S/c8-7(9,10)4-3-6(14)12-5-1-2-11-13(4)5/h1-3,11H. The molecule has 0 aliphatic carbocycles. The Morgan fingerprint density at radius 2 is 2.14 bits per heavy atom. The summed E-state index contributed by atoms with van der Waals surface area (Å²) in [5.41, 5.74) is -0.692. The quantitative estimate of drug-likeness (QED) is 0.690. The van der Waals surface area contributed by atoms with E-state index in [1.165, 1.54) is 12.3 Å². The summed E-state index contributed by atoms with van der Waals surface area (Å²) >= 11 is 4.62. The van der Waals surface area contributed by atoms with Gasteiger partial charge in [-0.15, -0.1) is 0 Å². The second-order valence-corrected chi connectivity index (χ2v) is 3.05. The van der Waals surface area contributed by atoms with Crippen LogP contribution in [-0.2, 0) is 6.18 Å². The van der Waals surface area contributed by atoms with Crippen molar-refractivity contribution in [2.75, 3.05) is 0 Å². The van der Waals surface area contributed by atoms with E-state index in [1.807, 2.05) is 0 Å². The predicted molar refractivity (Wildman–Crippen MR) is 45.4 cm³/mol. The van der Waals surface area contributed by atoms with Gasteiger partial charge in [0.05, 0.1) is 0 Å². The van der Waals surface area contributed by atoms with Crippen LogP contribution in [0.1, 0.15) is 5.69 Å². The molecular weight excluding hydrogens is 215 g/mol. The van der Waals surface area contributed by atoms with Crippen LogP contribution in [0.4, 0.5) is 13.2 Å². The fourth-order valence-corrected chi connectivity index (χ4v) is 1.35. The first-order chi connectivity index (χ1) is 6.48. The fraction of sp³-hybridized carbons (Fsp3) is 0.143. The third-order valence-electron chi connectivity index (χ3n) is 1.68. The summed E-state index contributed by atoms with van der Waals surface area (Å²) in [6.07, 6.45) is -3.07. The minimum absolute atomic E-state index is 0.0723. The van der Waals surface area contributed by atoms with Gasteiger partial charge in [0.2, 0.25) is 0 Å². The van der Waals surface area contributed by atoms with Gasteiger partial charge in [-0.25, -0.2) is 9.50 Å². The maximum atomic E-state index is 12.5. The van der Waals surface area contributed by atoms with Crippen molar-refractivity contribution in [1.82, 2.24) is 14.6 Å². The van der Waals surface area contributed by atoms with Crippen LogP contribution < -0.4 is 0 Å². The highest BCUT2D eigenvalue weighted by atomic mass is 32.1. The van der Waals surface area contributed by atoms with E-state index in [9.17, 15) is 13.2 Å². The Morgan fingerprint density at radius 3 is 2.79 bits per heavy atom. The van der Waals surface area contributed by atoms with Crippen molar-refractivity contribution in [3.8, 4) is 0 Å². The number of halogens is 3. The minimum atomic E-state index is -4.44. The highest BCUT2D eigenvalue weighted by Gasteiger charge is 2.34. The predicted octanol–water partition coefficient (Wildman–Crippen LogP) is 2.41. The van der Waals surface area contributed by atoms with Crippen LogP contribution in [0.2, 0.25) is 0 Å². The molecule has 0 atom stereocenters. The summed E-state index contributed by atoms with van der Waals surface area (Å²) in [6.45, 7) is 0. The van der Waals surface area contributed by atoms with E-state index < -0.39 is 11.9 Å². The monoisotopic (exact) mass is 219 g/mol. The van der Waals surface area contributed by atoms with Gasteiger partial charge < -0.3 is 0 Å². The van der Waals surface area contributed by atoms with Crippen LogP contribution in [-0.4, -0.2) is 14.6 Å². The molecule has 0 spiro atoms. The van der Waals surface area contributed by atoms with Crippen molar-refractivity contribution in [1.29, 1.82) is 0 Å². The molecule has 0 bridgehead atoms. The molecule has 0 radical (unpaired) electrons. The van der Waals surface area contributed by atoms with Gasteiger partial charge in [-0.2, -0.15) is 13.2 Å². The third-order valence-corrected chi connectivity index (χ3v) is 1.89. The number of aromatic nitrogens is 3. The molecule has 2 aromatic rings. The number of rotatable bonds is 0. The van der Waals surface area contributed by atoms with Crippen LogP contribution in [0.5, 0.6) is 0 Å². The lowest BCUT2D eigenvalue weighted by Crippen LogP contribution is -2.12. The van der Waals surface area contributed by atoms with Crippen LogP contribution in [0.15, 0.2) is 18.3 Å². The molecule has 74 valence electrons. The number of nitrogens with one attached hydrogen (secondary N) is 1. The van der Waals surface area contributed by atoms with Gasteiger partial charge in [-0.3, -0.25) is 5.10 Å². The zero-order chi connectivity index (χ0) is 10.3. The highest BCUT2D eigenvalue weighted by molar-refractivity contribution is 7.71. The first-order valence-corrected chi connectivity index (χ1v) is 4.04. The molecule has 0 aliphatic rings. The number of aromatic amines is 1. The van der Waals surface area contributed by atoms with Crippen LogP contribution >= 0.6 is 12.2 Å². The molecule has 0 unspecified atom stereocenters. The lowest BCUT2D eigenvalue weighted by molar-refractivity contribution is -0.142. The summed E-state index contributed by atoms with van der Waals surface area (Å²) in [5, 5.41) is 2.41. The molecule has 0 saturated carbocycles. The number of fused-ring (bicyclic) bond motifs is 1. The van der Waals surface area contributed by atoms with Crippen molar-refractivity contribution in [3.63, 3.8) is 0 Å². The maximum Gasteiger partial charge on any atom is 0.433 e. The largest absolute Gasteiger partial charge is 0.433 e. The Bertz CT molecular complexity index is 525. The molecule has 14 heavy (non-hydrogen) atoms. The van der Waals surface area contributed by atoms with Gasteiger partial charge in [-0.1, -0.05) is 12.2 Å². The Labute approximate surface area is 81.2 Å². The number of hydrogen-bond donors (Lipinski definition) is 1. The van der Waals surface area contributed by atoms with Crippen LogP contribution in [0, 0.1) is 4.64 Å². The van der Waals surface area contributed by atoms with E-state index in [1.54, 1.807) is 0 Å². The lowest BCUT2D eigenvalue weighted by Gasteiger charge is -2.08.